The molecule has 1 spiro atoms. The standard InChI is InChI=1S/C36H34ClF3N10O2S/c37-24-10-22-29(28(40)27(24)21-4-5-25(39)30-26(21)23(12-41)31(42)53-30)45-33(52-17-36-7-3-9-49(36)13-20(38)11-36)46-32(22)48-15-35(16-48)6-1-2-8-47(14-35)34(51)50-19-43-18-44-50/h4-5,10,18-20H,1-3,6-9,11,13-17,42H2/t20-,36+/m1/s1. The van der Waals surface area contributed by atoms with Crippen LogP contribution in [0.4, 0.5) is 28.8 Å². The molecule has 12 nitrogen and oxygen atoms in total. The lowest BCUT2D eigenvalue weighted by Crippen LogP contribution is -2.61. The number of carbonyl (C=O) groups is 1. The monoisotopic (exact) mass is 762 g/mol. The van der Waals surface area contributed by atoms with Gasteiger partial charge in [-0.1, -0.05) is 24.1 Å². The number of anilines is 2. The van der Waals surface area contributed by atoms with E-state index in [0.29, 0.717) is 50.3 Å². The maximum absolute atomic E-state index is 17.1. The van der Waals surface area contributed by atoms with E-state index in [4.69, 9.17) is 27.1 Å². The van der Waals surface area contributed by atoms with Crippen LogP contribution < -0.4 is 15.4 Å². The summed E-state index contributed by atoms with van der Waals surface area (Å²) in [4.78, 5) is 32.5. The number of aromatic nitrogens is 5. The Morgan fingerprint density at radius 3 is 2.79 bits per heavy atom. The van der Waals surface area contributed by atoms with Gasteiger partial charge in [-0.05, 0) is 49.9 Å². The fraction of sp³-hybridized carbons (Fsp3) is 0.444. The minimum absolute atomic E-state index is 0.0184. The van der Waals surface area contributed by atoms with Crippen molar-refractivity contribution in [1.82, 2.24) is 34.5 Å². The fourth-order valence-corrected chi connectivity index (χ4v) is 10.3. The molecule has 0 aliphatic carbocycles. The van der Waals surface area contributed by atoms with Crippen molar-refractivity contribution in [2.24, 2.45) is 5.41 Å². The summed E-state index contributed by atoms with van der Waals surface area (Å²) in [5.74, 6) is -0.963. The van der Waals surface area contributed by atoms with Crippen LogP contribution in [0.15, 0.2) is 30.9 Å². The summed E-state index contributed by atoms with van der Waals surface area (Å²) in [5.41, 5.74) is 5.48. The van der Waals surface area contributed by atoms with Gasteiger partial charge in [0.2, 0.25) is 0 Å². The van der Waals surface area contributed by atoms with Crippen LogP contribution >= 0.6 is 22.9 Å². The third kappa shape index (κ3) is 5.54. The van der Waals surface area contributed by atoms with Crippen molar-refractivity contribution in [3.05, 3.63) is 53.1 Å². The molecule has 53 heavy (non-hydrogen) atoms. The molecule has 0 saturated carbocycles. The van der Waals surface area contributed by atoms with Crippen molar-refractivity contribution in [3.8, 4) is 23.2 Å². The summed E-state index contributed by atoms with van der Waals surface area (Å²) in [6.45, 7) is 3.42. The number of nitriles is 1. The van der Waals surface area contributed by atoms with Crippen LogP contribution in [0.5, 0.6) is 6.01 Å². The molecule has 4 fully saturated rings. The van der Waals surface area contributed by atoms with E-state index in [9.17, 15) is 18.8 Å². The van der Waals surface area contributed by atoms with E-state index in [-0.39, 0.29) is 66.4 Å². The highest BCUT2D eigenvalue weighted by molar-refractivity contribution is 7.23. The molecule has 0 radical (unpaired) electrons. The Morgan fingerprint density at radius 2 is 2.00 bits per heavy atom. The molecule has 5 aromatic rings. The van der Waals surface area contributed by atoms with Crippen molar-refractivity contribution < 1.29 is 22.7 Å². The molecule has 4 saturated heterocycles. The van der Waals surface area contributed by atoms with Crippen molar-refractivity contribution in [2.75, 3.05) is 56.5 Å². The number of amides is 1. The van der Waals surface area contributed by atoms with Crippen LogP contribution in [0, 0.1) is 28.4 Å². The fourth-order valence-electron chi connectivity index (χ4n) is 9.02. The number of likely N-dealkylation sites (tertiary alicyclic amines) is 1. The number of hydrogen-bond donors (Lipinski definition) is 1. The number of nitrogens with zero attached hydrogens (tertiary/aromatic N) is 9. The van der Waals surface area contributed by atoms with Gasteiger partial charge in [0.25, 0.3) is 0 Å². The van der Waals surface area contributed by atoms with E-state index in [2.05, 4.69) is 20.0 Å². The van der Waals surface area contributed by atoms with E-state index in [1.165, 1.54) is 29.5 Å². The van der Waals surface area contributed by atoms with Crippen molar-refractivity contribution in [3.63, 3.8) is 0 Å². The highest BCUT2D eigenvalue weighted by Crippen LogP contribution is 2.48. The first-order valence-corrected chi connectivity index (χ1v) is 18.8. The molecule has 0 bridgehead atoms. The topological polar surface area (TPSA) is 142 Å². The quantitative estimate of drug-likeness (QED) is 0.214. The second kappa shape index (κ2) is 12.7. The maximum Gasteiger partial charge on any atom is 0.346 e. The Labute approximate surface area is 310 Å². The highest BCUT2D eigenvalue weighted by atomic mass is 35.5. The van der Waals surface area contributed by atoms with Crippen LogP contribution in [0.2, 0.25) is 5.02 Å². The number of nitrogen functional groups attached to an aromatic ring is 1. The summed E-state index contributed by atoms with van der Waals surface area (Å²) < 4.78 is 54.4. The molecule has 3 aromatic heterocycles. The zero-order valence-corrected chi connectivity index (χ0v) is 30.1. The third-order valence-corrected chi connectivity index (χ3v) is 12.7. The van der Waals surface area contributed by atoms with E-state index in [1.807, 2.05) is 11.0 Å². The number of alkyl halides is 1. The van der Waals surface area contributed by atoms with Gasteiger partial charge in [-0.2, -0.15) is 25.0 Å². The predicted molar refractivity (Wildman–Crippen MR) is 194 cm³/mol. The Morgan fingerprint density at radius 1 is 1.15 bits per heavy atom. The largest absolute Gasteiger partial charge is 0.461 e. The van der Waals surface area contributed by atoms with Gasteiger partial charge in [0.15, 0.2) is 5.82 Å². The van der Waals surface area contributed by atoms with Gasteiger partial charge < -0.3 is 20.3 Å². The summed E-state index contributed by atoms with van der Waals surface area (Å²) in [7, 11) is 0. The smallest absolute Gasteiger partial charge is 0.346 e. The van der Waals surface area contributed by atoms with Crippen LogP contribution in [0.3, 0.4) is 0 Å². The molecule has 9 rings (SSSR count). The lowest BCUT2D eigenvalue weighted by Gasteiger charge is -2.52. The number of hydrogen-bond acceptors (Lipinski definition) is 11. The van der Waals surface area contributed by atoms with Crippen molar-refractivity contribution >= 4 is 60.8 Å². The molecule has 17 heteroatoms. The summed E-state index contributed by atoms with van der Waals surface area (Å²) >= 11 is 7.81. The Kier molecular flexibility index (Phi) is 8.17. The number of rotatable bonds is 5. The average Bonchev–Trinajstić information content (AvgIpc) is 3.89. The number of halogens is 4. The molecule has 4 aliphatic heterocycles. The number of nitrogens with two attached hydrogens (primary N) is 1. The number of thiophene rings is 1. The second-order valence-corrected chi connectivity index (χ2v) is 16.2. The number of ether oxygens (including phenoxy) is 1. The normalized spacial score (nSPS) is 22.7. The molecule has 0 unspecified atom stereocenters. The summed E-state index contributed by atoms with van der Waals surface area (Å²) in [5, 5.41) is 14.6. The Bertz CT molecular complexity index is 2330. The first-order valence-electron chi connectivity index (χ1n) is 17.6. The van der Waals surface area contributed by atoms with Gasteiger partial charge >= 0.3 is 12.0 Å². The predicted octanol–water partition coefficient (Wildman–Crippen LogP) is 6.40. The van der Waals surface area contributed by atoms with E-state index < -0.39 is 23.3 Å². The number of benzene rings is 2. The number of carbonyl (C=O) groups excluding carboxylic acids is 1. The van der Waals surface area contributed by atoms with E-state index in [0.717, 1.165) is 50.0 Å². The lowest BCUT2D eigenvalue weighted by atomic mass is 9.75. The highest BCUT2D eigenvalue weighted by Gasteiger charge is 2.50. The first kappa shape index (κ1) is 34.1. The van der Waals surface area contributed by atoms with Gasteiger partial charge in [0.05, 0.1) is 20.8 Å². The van der Waals surface area contributed by atoms with Crippen LogP contribution in [-0.2, 0) is 0 Å². The minimum atomic E-state index is -0.959. The Balaban J connectivity index is 1.12. The van der Waals surface area contributed by atoms with E-state index in [1.54, 1.807) is 11.0 Å². The summed E-state index contributed by atoms with van der Waals surface area (Å²) in [6.07, 6.45) is 6.45. The molecule has 2 aromatic carbocycles. The minimum Gasteiger partial charge on any atom is -0.461 e. The molecule has 4 aliphatic rings. The van der Waals surface area contributed by atoms with Gasteiger partial charge in [-0.15, -0.1) is 11.3 Å². The van der Waals surface area contributed by atoms with Crippen molar-refractivity contribution in [1.29, 1.82) is 5.26 Å². The van der Waals surface area contributed by atoms with Gasteiger partial charge in [0, 0.05) is 60.9 Å². The average molecular weight is 763 g/mol. The second-order valence-electron chi connectivity index (χ2n) is 14.7. The molecular formula is C36H34ClF3N10O2S. The van der Waals surface area contributed by atoms with E-state index >= 15 is 4.39 Å². The first-order chi connectivity index (χ1) is 25.6. The molecule has 7 heterocycles. The van der Waals surface area contributed by atoms with Crippen LogP contribution in [-0.4, -0.2) is 98.1 Å². The van der Waals surface area contributed by atoms with Crippen LogP contribution in [0.25, 0.3) is 32.1 Å². The zero-order valence-electron chi connectivity index (χ0n) is 28.5. The van der Waals surface area contributed by atoms with Crippen LogP contribution in [0.1, 0.15) is 44.1 Å². The Hall–Kier alpha value is -4.72. The SMILES string of the molecule is N#Cc1c(N)sc2c(F)ccc(-c3c(Cl)cc4c(N5CC6(CCCCN(C(=O)n7cncn7)C6)C5)nc(OC[C@@]56CCCN5C[C@H](F)C6)nc4c3F)c12. The van der Waals surface area contributed by atoms with Gasteiger partial charge in [-0.25, -0.2) is 22.9 Å². The van der Waals surface area contributed by atoms with Gasteiger partial charge in [-0.3, -0.25) is 4.90 Å². The van der Waals surface area contributed by atoms with Crippen molar-refractivity contribution in [2.45, 2.75) is 50.2 Å². The zero-order chi connectivity index (χ0) is 36.6. The number of fused-ring (bicyclic) bond motifs is 3. The molecule has 2 atom stereocenters. The molecule has 2 N–H and O–H groups in total. The lowest BCUT2D eigenvalue weighted by molar-refractivity contribution is 0.107. The van der Waals surface area contributed by atoms with Gasteiger partial charge in [0.1, 0.15) is 53.7 Å². The molecular weight excluding hydrogens is 729 g/mol. The molecule has 1 amide bonds. The maximum atomic E-state index is 17.1. The molecule has 274 valence electrons. The summed E-state index contributed by atoms with van der Waals surface area (Å²) in [6, 6.07) is 5.91. The third-order valence-electron chi connectivity index (χ3n) is 11.4.